The summed E-state index contributed by atoms with van der Waals surface area (Å²) < 4.78 is 4.79. The Morgan fingerprint density at radius 2 is 1.88 bits per heavy atom. The summed E-state index contributed by atoms with van der Waals surface area (Å²) >= 11 is 0. The fraction of sp³-hybridized carbons (Fsp3) is 0.842. The number of ether oxygens (including phenoxy) is 1. The molecule has 2 unspecified atom stereocenters. The second kappa shape index (κ2) is 8.68. The van der Waals surface area contributed by atoms with Crippen molar-refractivity contribution in [2.75, 3.05) is 13.7 Å². The van der Waals surface area contributed by atoms with Gasteiger partial charge >= 0.3 is 5.97 Å². The number of methoxy groups -OCH3 is 1. The van der Waals surface area contributed by atoms with Gasteiger partial charge in [0.25, 0.3) is 0 Å². The van der Waals surface area contributed by atoms with Gasteiger partial charge in [-0.05, 0) is 43.9 Å². The van der Waals surface area contributed by atoms with E-state index in [-0.39, 0.29) is 36.1 Å². The molecule has 1 heterocycles. The van der Waals surface area contributed by atoms with Crippen LogP contribution >= 0.6 is 0 Å². The van der Waals surface area contributed by atoms with Crippen molar-refractivity contribution in [3.8, 4) is 0 Å². The molecule has 2 aliphatic rings. The number of nitrogens with one attached hydrogen (secondary N) is 1. The molecule has 2 amide bonds. The van der Waals surface area contributed by atoms with Crippen LogP contribution in [0.3, 0.4) is 0 Å². The maximum Gasteiger partial charge on any atom is 0.328 e. The standard InChI is InChI=1S/C19H32N2O4/c1-12(2)9-16(19(24)25-4)20-18(23)14-10-17(22)21(11-14)15-7-5-13(3)6-8-15/h12-16H,5-11H2,1-4H3,(H,20,23). The Balaban J connectivity index is 1.93. The van der Waals surface area contributed by atoms with Gasteiger partial charge in [-0.25, -0.2) is 4.79 Å². The molecule has 1 saturated heterocycles. The van der Waals surface area contributed by atoms with Crippen LogP contribution in [0.1, 0.15) is 59.3 Å². The molecule has 6 nitrogen and oxygen atoms in total. The van der Waals surface area contributed by atoms with E-state index in [0.29, 0.717) is 13.0 Å². The highest BCUT2D eigenvalue weighted by atomic mass is 16.5. The number of amides is 2. The Bertz CT molecular complexity index is 498. The highest BCUT2D eigenvalue weighted by molar-refractivity contribution is 5.91. The molecule has 142 valence electrons. The summed E-state index contributed by atoms with van der Waals surface area (Å²) in [6.07, 6.45) is 5.11. The number of likely N-dealkylation sites (tertiary alicyclic amines) is 1. The third kappa shape index (κ3) is 5.19. The van der Waals surface area contributed by atoms with Crippen LogP contribution in [0.5, 0.6) is 0 Å². The lowest BCUT2D eigenvalue weighted by atomic mass is 9.86. The summed E-state index contributed by atoms with van der Waals surface area (Å²) in [6.45, 7) is 6.71. The lowest BCUT2D eigenvalue weighted by Crippen LogP contribution is -2.46. The Kier molecular flexibility index (Phi) is 6.85. The Hall–Kier alpha value is -1.59. The molecule has 2 fully saturated rings. The minimum Gasteiger partial charge on any atom is -0.467 e. The van der Waals surface area contributed by atoms with Gasteiger partial charge in [0.2, 0.25) is 11.8 Å². The number of carbonyl (C=O) groups is 3. The first-order valence-electron chi connectivity index (χ1n) is 9.49. The molecule has 2 rings (SSSR count). The zero-order valence-electron chi connectivity index (χ0n) is 15.9. The summed E-state index contributed by atoms with van der Waals surface area (Å²) in [5.74, 6) is 0.0464. The fourth-order valence-corrected chi connectivity index (χ4v) is 3.93. The van der Waals surface area contributed by atoms with Crippen molar-refractivity contribution >= 4 is 17.8 Å². The molecule has 0 aromatic rings. The fourth-order valence-electron chi connectivity index (χ4n) is 3.93. The van der Waals surface area contributed by atoms with Crippen molar-refractivity contribution in [2.45, 2.75) is 71.4 Å². The van der Waals surface area contributed by atoms with Crippen molar-refractivity contribution < 1.29 is 19.1 Å². The monoisotopic (exact) mass is 352 g/mol. The second-order valence-corrected chi connectivity index (χ2v) is 8.07. The Labute approximate surface area is 150 Å². The van der Waals surface area contributed by atoms with E-state index in [9.17, 15) is 14.4 Å². The van der Waals surface area contributed by atoms with Crippen LogP contribution in [-0.2, 0) is 19.1 Å². The maximum absolute atomic E-state index is 12.6. The molecule has 2 atom stereocenters. The molecular weight excluding hydrogens is 320 g/mol. The minimum atomic E-state index is -0.641. The van der Waals surface area contributed by atoms with Crippen LogP contribution in [0.4, 0.5) is 0 Å². The van der Waals surface area contributed by atoms with E-state index in [1.54, 1.807) is 0 Å². The van der Waals surface area contributed by atoms with Crippen molar-refractivity contribution in [1.29, 1.82) is 0 Å². The maximum atomic E-state index is 12.6. The van der Waals surface area contributed by atoms with Gasteiger partial charge in [-0.1, -0.05) is 20.8 Å². The van der Waals surface area contributed by atoms with Gasteiger partial charge in [0, 0.05) is 19.0 Å². The molecule has 0 radical (unpaired) electrons. The average Bonchev–Trinajstić information content (AvgIpc) is 2.95. The molecule has 0 aromatic heterocycles. The summed E-state index contributed by atoms with van der Waals surface area (Å²) in [6, 6.07) is -0.370. The van der Waals surface area contributed by atoms with Crippen LogP contribution in [0, 0.1) is 17.8 Å². The van der Waals surface area contributed by atoms with E-state index < -0.39 is 12.0 Å². The third-order valence-electron chi connectivity index (χ3n) is 5.46. The molecule has 0 spiro atoms. The van der Waals surface area contributed by atoms with E-state index in [1.165, 1.54) is 7.11 Å². The highest BCUT2D eigenvalue weighted by Crippen LogP contribution is 2.31. The lowest BCUT2D eigenvalue weighted by Gasteiger charge is -2.33. The largest absolute Gasteiger partial charge is 0.467 e. The van der Waals surface area contributed by atoms with E-state index in [2.05, 4.69) is 12.2 Å². The molecular formula is C19H32N2O4. The van der Waals surface area contributed by atoms with Crippen molar-refractivity contribution in [2.24, 2.45) is 17.8 Å². The van der Waals surface area contributed by atoms with Crippen molar-refractivity contribution in [1.82, 2.24) is 10.2 Å². The predicted octanol–water partition coefficient (Wildman–Crippen LogP) is 2.12. The Morgan fingerprint density at radius 3 is 2.44 bits per heavy atom. The molecule has 25 heavy (non-hydrogen) atoms. The van der Waals surface area contributed by atoms with Crippen molar-refractivity contribution in [3.63, 3.8) is 0 Å². The smallest absolute Gasteiger partial charge is 0.328 e. The van der Waals surface area contributed by atoms with E-state index in [1.807, 2.05) is 18.7 Å². The molecule has 0 bridgehead atoms. The van der Waals surface area contributed by atoms with Gasteiger partial charge in [-0.15, -0.1) is 0 Å². The zero-order valence-corrected chi connectivity index (χ0v) is 15.9. The number of hydrogen-bond donors (Lipinski definition) is 1. The van der Waals surface area contributed by atoms with Gasteiger partial charge < -0.3 is 15.0 Å². The van der Waals surface area contributed by atoms with Crippen LogP contribution in [0.2, 0.25) is 0 Å². The van der Waals surface area contributed by atoms with E-state index >= 15 is 0 Å². The van der Waals surface area contributed by atoms with Gasteiger partial charge in [-0.3, -0.25) is 9.59 Å². The van der Waals surface area contributed by atoms with Gasteiger partial charge in [0.15, 0.2) is 0 Å². The van der Waals surface area contributed by atoms with Gasteiger partial charge in [0.1, 0.15) is 6.04 Å². The van der Waals surface area contributed by atoms with Gasteiger partial charge in [-0.2, -0.15) is 0 Å². The second-order valence-electron chi connectivity index (χ2n) is 8.07. The Morgan fingerprint density at radius 1 is 1.24 bits per heavy atom. The summed E-state index contributed by atoms with van der Waals surface area (Å²) in [7, 11) is 1.33. The first kappa shape index (κ1) is 19.7. The number of hydrogen-bond acceptors (Lipinski definition) is 4. The summed E-state index contributed by atoms with van der Waals surface area (Å²) in [5.41, 5.74) is 0. The molecule has 0 aromatic carbocycles. The van der Waals surface area contributed by atoms with E-state index in [4.69, 9.17) is 4.74 Å². The molecule has 6 heteroatoms. The summed E-state index contributed by atoms with van der Waals surface area (Å²) in [4.78, 5) is 38.7. The first-order chi connectivity index (χ1) is 11.8. The molecule has 1 N–H and O–H groups in total. The molecule has 1 aliphatic heterocycles. The third-order valence-corrected chi connectivity index (χ3v) is 5.46. The lowest BCUT2D eigenvalue weighted by molar-refractivity contribution is -0.146. The van der Waals surface area contributed by atoms with Crippen LogP contribution in [-0.4, -0.2) is 48.4 Å². The topological polar surface area (TPSA) is 75.7 Å². The average molecular weight is 352 g/mol. The zero-order chi connectivity index (χ0) is 18.6. The number of esters is 1. The van der Waals surface area contributed by atoms with Crippen molar-refractivity contribution in [3.05, 3.63) is 0 Å². The van der Waals surface area contributed by atoms with Gasteiger partial charge in [0.05, 0.1) is 13.0 Å². The van der Waals surface area contributed by atoms with E-state index in [0.717, 1.165) is 31.6 Å². The van der Waals surface area contributed by atoms with Crippen LogP contribution < -0.4 is 5.32 Å². The number of rotatable bonds is 6. The van der Waals surface area contributed by atoms with Crippen LogP contribution in [0.15, 0.2) is 0 Å². The predicted molar refractivity (Wildman–Crippen MR) is 94.6 cm³/mol. The molecule has 1 aliphatic carbocycles. The SMILES string of the molecule is COC(=O)C(CC(C)C)NC(=O)C1CC(=O)N(C2CCC(C)CC2)C1. The summed E-state index contributed by atoms with van der Waals surface area (Å²) in [5, 5.41) is 2.80. The number of nitrogens with zero attached hydrogens (tertiary/aromatic N) is 1. The minimum absolute atomic E-state index is 0.0678. The van der Waals surface area contributed by atoms with Crippen LogP contribution in [0.25, 0.3) is 0 Å². The normalized spacial score (nSPS) is 28.1. The quantitative estimate of drug-likeness (QED) is 0.743. The highest BCUT2D eigenvalue weighted by Gasteiger charge is 2.39. The number of carbonyl (C=O) groups excluding carboxylic acids is 3. The molecule has 1 saturated carbocycles. The first-order valence-corrected chi connectivity index (χ1v) is 9.49.